The van der Waals surface area contributed by atoms with Gasteiger partial charge in [-0.1, -0.05) is 55.1 Å². The summed E-state index contributed by atoms with van der Waals surface area (Å²) in [5, 5.41) is 7.79. The molecule has 1 N–H and O–H groups in total. The van der Waals surface area contributed by atoms with Crippen molar-refractivity contribution in [2.24, 2.45) is 4.99 Å². The minimum Gasteiger partial charge on any atom is -0.466 e. The maximum absolute atomic E-state index is 12.8. The van der Waals surface area contributed by atoms with E-state index in [1.807, 2.05) is 59.0 Å². The summed E-state index contributed by atoms with van der Waals surface area (Å²) in [7, 11) is 1.39. The van der Waals surface area contributed by atoms with E-state index in [4.69, 9.17) is 9.73 Å². The van der Waals surface area contributed by atoms with Crippen LogP contribution in [0.1, 0.15) is 36.2 Å². The highest BCUT2D eigenvalue weighted by Crippen LogP contribution is 2.45. The molecule has 2 aliphatic rings. The van der Waals surface area contributed by atoms with Crippen LogP contribution in [0.5, 0.6) is 0 Å². The number of rotatable bonds is 8. The first-order valence-electron chi connectivity index (χ1n) is 10.5. The number of amidine groups is 1. The topological polar surface area (TPSA) is 71.0 Å². The Morgan fingerprint density at radius 3 is 2.69 bits per heavy atom. The van der Waals surface area contributed by atoms with Gasteiger partial charge in [-0.2, -0.15) is 0 Å². The molecule has 0 bridgehead atoms. The van der Waals surface area contributed by atoms with Crippen LogP contribution in [0.2, 0.25) is 0 Å². The van der Waals surface area contributed by atoms with Crippen molar-refractivity contribution in [3.63, 3.8) is 0 Å². The van der Waals surface area contributed by atoms with Gasteiger partial charge in [0.05, 0.1) is 30.8 Å². The second-order valence-electron chi connectivity index (χ2n) is 7.37. The molecule has 2 aromatic rings. The number of ether oxygens (including phenoxy) is 1. The summed E-state index contributed by atoms with van der Waals surface area (Å²) in [6.07, 6.45) is 1.65. The van der Waals surface area contributed by atoms with Crippen molar-refractivity contribution < 1.29 is 14.3 Å². The molecular formula is C24H25N3O3S2. The predicted octanol–water partition coefficient (Wildman–Crippen LogP) is 4.64. The van der Waals surface area contributed by atoms with Gasteiger partial charge in [0.2, 0.25) is 5.91 Å². The SMILES string of the molecule is CCC1=C(C(=O)OC)[C@H](c2ccccc2)N2C(CC(=O)NCCc3cccs3)=CSC2=N1. The van der Waals surface area contributed by atoms with Crippen molar-refractivity contribution in [2.45, 2.75) is 32.2 Å². The third-order valence-corrected chi connectivity index (χ3v) is 7.18. The Morgan fingerprint density at radius 1 is 1.19 bits per heavy atom. The quantitative estimate of drug-likeness (QED) is 0.573. The highest BCUT2D eigenvalue weighted by Gasteiger charge is 2.41. The van der Waals surface area contributed by atoms with Gasteiger partial charge in [-0.25, -0.2) is 9.79 Å². The van der Waals surface area contributed by atoms with Crippen molar-refractivity contribution >= 4 is 40.1 Å². The van der Waals surface area contributed by atoms with Crippen LogP contribution in [0.3, 0.4) is 0 Å². The number of allylic oxidation sites excluding steroid dienone is 1. The van der Waals surface area contributed by atoms with E-state index in [9.17, 15) is 9.59 Å². The number of aliphatic imine (C=N–C) groups is 1. The monoisotopic (exact) mass is 467 g/mol. The van der Waals surface area contributed by atoms with E-state index in [0.717, 1.165) is 28.5 Å². The number of amides is 1. The molecule has 8 heteroatoms. The standard InChI is InChI=1S/C24H25N3O3S2/c1-3-19-21(23(29)30-2)22(16-8-5-4-6-9-16)27-17(15-32-24(27)26-19)14-20(28)25-12-11-18-10-7-13-31-18/h4-10,13,15,22H,3,11-12,14H2,1-2H3,(H,25,28)/t22-/m0/s1. The van der Waals surface area contributed by atoms with Crippen LogP contribution in [0.15, 0.2) is 75.2 Å². The lowest BCUT2D eigenvalue weighted by Crippen LogP contribution is -2.38. The number of hydrogen-bond acceptors (Lipinski definition) is 7. The first-order valence-corrected chi connectivity index (χ1v) is 12.3. The fraction of sp³-hybridized carbons (Fsp3) is 0.292. The van der Waals surface area contributed by atoms with Gasteiger partial charge in [0.1, 0.15) is 0 Å². The lowest BCUT2D eigenvalue weighted by atomic mass is 9.93. The molecule has 2 aliphatic heterocycles. The van der Waals surface area contributed by atoms with E-state index in [1.165, 1.54) is 23.7 Å². The average Bonchev–Trinajstić information content (AvgIpc) is 3.48. The Morgan fingerprint density at radius 2 is 2.00 bits per heavy atom. The molecule has 3 heterocycles. The van der Waals surface area contributed by atoms with Gasteiger partial charge in [-0.3, -0.25) is 4.79 Å². The number of nitrogens with one attached hydrogen (secondary N) is 1. The van der Waals surface area contributed by atoms with Gasteiger partial charge in [-0.15, -0.1) is 11.3 Å². The number of carbonyl (C=O) groups is 2. The molecule has 0 aliphatic carbocycles. The van der Waals surface area contributed by atoms with E-state index in [-0.39, 0.29) is 18.4 Å². The molecule has 0 fully saturated rings. The molecule has 0 radical (unpaired) electrons. The molecule has 32 heavy (non-hydrogen) atoms. The predicted molar refractivity (Wildman–Crippen MR) is 129 cm³/mol. The zero-order valence-electron chi connectivity index (χ0n) is 18.0. The molecule has 0 saturated carbocycles. The van der Waals surface area contributed by atoms with Gasteiger partial charge >= 0.3 is 5.97 Å². The van der Waals surface area contributed by atoms with Crippen molar-refractivity contribution in [2.75, 3.05) is 13.7 Å². The molecule has 1 aromatic carbocycles. The minimum atomic E-state index is -0.393. The van der Waals surface area contributed by atoms with Crippen LogP contribution in [-0.4, -0.2) is 35.6 Å². The Labute approximate surface area is 196 Å². The third-order valence-electron chi connectivity index (χ3n) is 5.36. The fourth-order valence-electron chi connectivity index (χ4n) is 3.87. The number of methoxy groups -OCH3 is 1. The second-order valence-corrected chi connectivity index (χ2v) is 9.24. The van der Waals surface area contributed by atoms with Gasteiger partial charge in [0.15, 0.2) is 5.17 Å². The number of thiophene rings is 1. The van der Waals surface area contributed by atoms with Crippen LogP contribution in [-0.2, 0) is 20.7 Å². The normalized spacial score (nSPS) is 17.6. The number of carbonyl (C=O) groups excluding carboxylic acids is 2. The van der Waals surface area contributed by atoms with Crippen LogP contribution in [0.4, 0.5) is 0 Å². The Hall–Kier alpha value is -2.84. The number of esters is 1. The molecule has 6 nitrogen and oxygen atoms in total. The lowest BCUT2D eigenvalue weighted by molar-refractivity contribution is -0.136. The van der Waals surface area contributed by atoms with Crippen LogP contribution >= 0.6 is 23.1 Å². The zero-order valence-corrected chi connectivity index (χ0v) is 19.7. The third kappa shape index (κ3) is 4.66. The maximum Gasteiger partial charge on any atom is 0.338 e. The number of hydrogen-bond donors (Lipinski definition) is 1. The summed E-state index contributed by atoms with van der Waals surface area (Å²) in [5.41, 5.74) is 3.03. The molecule has 0 unspecified atom stereocenters. The maximum atomic E-state index is 12.8. The summed E-state index contributed by atoms with van der Waals surface area (Å²) in [4.78, 5) is 33.5. The summed E-state index contributed by atoms with van der Waals surface area (Å²) >= 11 is 3.18. The summed E-state index contributed by atoms with van der Waals surface area (Å²) in [6.45, 7) is 2.57. The Balaban J connectivity index is 1.57. The first kappa shape index (κ1) is 22.4. The molecule has 166 valence electrons. The molecule has 1 atom stereocenters. The van der Waals surface area contributed by atoms with Gasteiger partial charge in [0, 0.05) is 17.1 Å². The van der Waals surface area contributed by atoms with Gasteiger partial charge in [0.25, 0.3) is 0 Å². The number of fused-ring (bicyclic) bond motifs is 1. The summed E-state index contributed by atoms with van der Waals surface area (Å²) in [6, 6.07) is 13.5. The molecule has 1 amide bonds. The largest absolute Gasteiger partial charge is 0.466 e. The van der Waals surface area contributed by atoms with Gasteiger partial charge < -0.3 is 15.0 Å². The van der Waals surface area contributed by atoms with Crippen LogP contribution in [0.25, 0.3) is 0 Å². The summed E-state index contributed by atoms with van der Waals surface area (Å²) < 4.78 is 5.13. The van der Waals surface area contributed by atoms with Crippen molar-refractivity contribution in [1.29, 1.82) is 0 Å². The first-order chi connectivity index (χ1) is 15.6. The van der Waals surface area contributed by atoms with Crippen molar-refractivity contribution in [1.82, 2.24) is 10.2 Å². The highest BCUT2D eigenvalue weighted by atomic mass is 32.2. The van der Waals surface area contributed by atoms with E-state index in [1.54, 1.807) is 11.3 Å². The number of thioether (sulfide) groups is 1. The lowest BCUT2D eigenvalue weighted by Gasteiger charge is -2.36. The van der Waals surface area contributed by atoms with E-state index in [2.05, 4.69) is 11.4 Å². The van der Waals surface area contributed by atoms with E-state index < -0.39 is 5.97 Å². The van der Waals surface area contributed by atoms with E-state index >= 15 is 0 Å². The number of benzene rings is 1. The second kappa shape index (κ2) is 10.2. The average molecular weight is 468 g/mol. The number of nitrogens with zero attached hydrogens (tertiary/aromatic N) is 2. The van der Waals surface area contributed by atoms with Gasteiger partial charge in [-0.05, 0) is 35.3 Å². The Bertz CT molecular complexity index is 1080. The van der Waals surface area contributed by atoms with Crippen molar-refractivity contribution in [3.8, 4) is 0 Å². The van der Waals surface area contributed by atoms with Crippen LogP contribution < -0.4 is 5.32 Å². The van der Waals surface area contributed by atoms with Crippen molar-refractivity contribution in [3.05, 3.63) is 80.7 Å². The fourth-order valence-corrected chi connectivity index (χ4v) is 5.52. The Kier molecular flexibility index (Phi) is 7.12. The molecular weight excluding hydrogens is 442 g/mol. The zero-order chi connectivity index (χ0) is 22.5. The summed E-state index contributed by atoms with van der Waals surface area (Å²) in [5.74, 6) is -0.443. The minimum absolute atomic E-state index is 0.0497. The molecule has 4 rings (SSSR count). The van der Waals surface area contributed by atoms with E-state index in [0.29, 0.717) is 18.5 Å². The highest BCUT2D eigenvalue weighted by molar-refractivity contribution is 8.16. The molecule has 0 saturated heterocycles. The molecule has 0 spiro atoms. The smallest absolute Gasteiger partial charge is 0.338 e. The van der Waals surface area contributed by atoms with Crippen LogP contribution in [0, 0.1) is 0 Å². The molecule has 1 aromatic heterocycles.